The van der Waals surface area contributed by atoms with Crippen LogP contribution in [0, 0.1) is 0 Å². The highest BCUT2D eigenvalue weighted by Crippen LogP contribution is 2.47. The molecule has 2 unspecified atom stereocenters. The molecule has 0 bridgehead atoms. The van der Waals surface area contributed by atoms with E-state index in [0.29, 0.717) is 11.6 Å². The highest BCUT2D eigenvalue weighted by atomic mass is 16.5. The number of hydrogen-bond donors (Lipinski definition) is 1. The second kappa shape index (κ2) is 10.0. The minimum absolute atomic E-state index is 0.0272. The molecule has 1 heterocycles. The zero-order valence-corrected chi connectivity index (χ0v) is 20.3. The van der Waals surface area contributed by atoms with Gasteiger partial charge in [0.05, 0.1) is 5.56 Å². The van der Waals surface area contributed by atoms with Crippen LogP contribution in [-0.2, 0) is 0 Å². The summed E-state index contributed by atoms with van der Waals surface area (Å²) in [5, 5.41) is 9.93. The van der Waals surface area contributed by atoms with Crippen molar-refractivity contribution in [2.45, 2.75) is 59.1 Å². The molecule has 33 heavy (non-hydrogen) atoms. The van der Waals surface area contributed by atoms with Crippen molar-refractivity contribution in [2.75, 3.05) is 31.1 Å². The van der Waals surface area contributed by atoms with Crippen LogP contribution in [0.15, 0.2) is 48.0 Å². The summed E-state index contributed by atoms with van der Waals surface area (Å²) in [4.78, 5) is 16.9. The first kappa shape index (κ1) is 23.4. The molecule has 0 saturated heterocycles. The van der Waals surface area contributed by atoms with Crippen molar-refractivity contribution in [3.63, 3.8) is 0 Å². The molecule has 5 nitrogen and oxygen atoms in total. The van der Waals surface area contributed by atoms with Crippen LogP contribution in [0.5, 0.6) is 5.75 Å². The molecule has 1 saturated carbocycles. The number of nitrogens with zero attached hydrogens (tertiary/aromatic N) is 2. The number of fused-ring (bicyclic) bond motifs is 2. The molecule has 1 fully saturated rings. The predicted octanol–water partition coefficient (Wildman–Crippen LogP) is 5.69. The molecule has 2 aromatic carbocycles. The van der Waals surface area contributed by atoms with Gasteiger partial charge in [-0.25, -0.2) is 4.79 Å². The average molecular weight is 449 g/mol. The number of carboxylic acids is 1. The van der Waals surface area contributed by atoms with Crippen molar-refractivity contribution in [3.05, 3.63) is 64.7 Å². The summed E-state index contributed by atoms with van der Waals surface area (Å²) in [6.45, 7) is 12.7. The van der Waals surface area contributed by atoms with Crippen LogP contribution in [0.1, 0.15) is 68.4 Å². The summed E-state index contributed by atoms with van der Waals surface area (Å²) in [5.74, 6) is -0.0246. The van der Waals surface area contributed by atoms with Crippen LogP contribution in [0.3, 0.4) is 0 Å². The van der Waals surface area contributed by atoms with E-state index >= 15 is 0 Å². The molecule has 176 valence electrons. The van der Waals surface area contributed by atoms with Crippen molar-refractivity contribution >= 4 is 17.2 Å². The van der Waals surface area contributed by atoms with E-state index < -0.39 is 5.97 Å². The smallest absolute Gasteiger partial charge is 0.336 e. The molecule has 2 aliphatic rings. The molecule has 1 aliphatic carbocycles. The van der Waals surface area contributed by atoms with Gasteiger partial charge in [-0.2, -0.15) is 0 Å². The van der Waals surface area contributed by atoms with E-state index in [9.17, 15) is 9.90 Å². The van der Waals surface area contributed by atoms with Gasteiger partial charge in [0, 0.05) is 42.9 Å². The van der Waals surface area contributed by atoms with Crippen molar-refractivity contribution in [1.82, 2.24) is 4.90 Å². The number of aromatic carboxylic acids is 1. The molecule has 5 heteroatoms. The Hall–Kier alpha value is -2.79. The number of anilines is 1. The third-order valence-corrected chi connectivity index (χ3v) is 7.33. The predicted molar refractivity (Wildman–Crippen MR) is 134 cm³/mol. The van der Waals surface area contributed by atoms with Crippen LogP contribution in [0.4, 0.5) is 5.69 Å². The molecular weight excluding hydrogens is 412 g/mol. The Morgan fingerprint density at radius 3 is 2.39 bits per heavy atom. The molecule has 2 aromatic rings. The van der Waals surface area contributed by atoms with Gasteiger partial charge in [0.25, 0.3) is 0 Å². The van der Waals surface area contributed by atoms with Gasteiger partial charge >= 0.3 is 5.97 Å². The van der Waals surface area contributed by atoms with E-state index in [0.717, 1.165) is 73.6 Å². The molecule has 0 radical (unpaired) electrons. The summed E-state index contributed by atoms with van der Waals surface area (Å²) in [5.41, 5.74) is 5.60. The number of rotatable bonds is 8. The van der Waals surface area contributed by atoms with Gasteiger partial charge in [-0.1, -0.05) is 32.0 Å². The van der Waals surface area contributed by atoms with Crippen LogP contribution in [-0.4, -0.2) is 54.3 Å². The van der Waals surface area contributed by atoms with Crippen LogP contribution >= 0.6 is 0 Å². The Kier molecular flexibility index (Phi) is 7.08. The minimum atomic E-state index is -0.889. The van der Waals surface area contributed by atoms with E-state index in [-0.39, 0.29) is 6.10 Å². The van der Waals surface area contributed by atoms with Crippen LogP contribution in [0.2, 0.25) is 0 Å². The summed E-state index contributed by atoms with van der Waals surface area (Å²) in [6.07, 6.45) is 2.90. The minimum Gasteiger partial charge on any atom is -0.485 e. The maximum Gasteiger partial charge on any atom is 0.336 e. The lowest BCUT2D eigenvalue weighted by molar-refractivity contribution is 0.0696. The Balaban J connectivity index is 1.86. The largest absolute Gasteiger partial charge is 0.485 e. The first-order valence-electron chi connectivity index (χ1n) is 12.4. The first-order valence-corrected chi connectivity index (χ1v) is 12.4. The van der Waals surface area contributed by atoms with E-state index in [4.69, 9.17) is 4.74 Å². The van der Waals surface area contributed by atoms with E-state index in [1.54, 1.807) is 12.1 Å². The quantitative estimate of drug-likeness (QED) is 0.562. The molecule has 0 amide bonds. The third-order valence-electron chi connectivity index (χ3n) is 7.33. The van der Waals surface area contributed by atoms with E-state index in [1.165, 1.54) is 5.57 Å². The monoisotopic (exact) mass is 448 g/mol. The lowest BCUT2D eigenvalue weighted by atomic mass is 9.78. The van der Waals surface area contributed by atoms with Crippen molar-refractivity contribution < 1.29 is 14.6 Å². The van der Waals surface area contributed by atoms with Gasteiger partial charge in [0.1, 0.15) is 11.9 Å². The summed E-state index contributed by atoms with van der Waals surface area (Å²) in [6, 6.07) is 14.3. The number of ether oxygens (including phenoxy) is 1. The van der Waals surface area contributed by atoms with Crippen LogP contribution < -0.4 is 9.64 Å². The average Bonchev–Trinajstić information content (AvgIpc) is 2.84. The van der Waals surface area contributed by atoms with Gasteiger partial charge < -0.3 is 19.6 Å². The maximum atomic E-state index is 12.1. The third kappa shape index (κ3) is 4.39. The Morgan fingerprint density at radius 1 is 1.00 bits per heavy atom. The number of carboxylic acid groups (broad SMARTS) is 1. The van der Waals surface area contributed by atoms with E-state index in [2.05, 4.69) is 55.7 Å². The summed E-state index contributed by atoms with van der Waals surface area (Å²) in [7, 11) is 0. The van der Waals surface area contributed by atoms with Gasteiger partial charge in [-0.15, -0.1) is 0 Å². The lowest BCUT2D eigenvalue weighted by Crippen LogP contribution is -2.43. The topological polar surface area (TPSA) is 53.0 Å². The second-order valence-electron chi connectivity index (χ2n) is 8.86. The Bertz CT molecular complexity index is 1040. The number of benzene rings is 2. The second-order valence-corrected chi connectivity index (χ2v) is 8.86. The molecule has 1 aliphatic heterocycles. The standard InChI is InChI=1S/C28H36N2O3/c1-5-29(6-2)19-13-15-23-25(17-19)33-26-18-20(30(7-3)8-4)14-16-24(26)27(23)21-11-9-10-12-22(21)28(31)32/h9-13,15,17,20,26H,5-8,14,16,18H2,1-4H3,(H,31,32). The van der Waals surface area contributed by atoms with Crippen molar-refractivity contribution in [1.29, 1.82) is 0 Å². The van der Waals surface area contributed by atoms with Gasteiger partial charge in [-0.05, 0) is 74.7 Å². The fourth-order valence-corrected chi connectivity index (χ4v) is 5.60. The summed E-state index contributed by atoms with van der Waals surface area (Å²) >= 11 is 0. The van der Waals surface area contributed by atoms with Crippen LogP contribution in [0.25, 0.3) is 5.57 Å². The van der Waals surface area contributed by atoms with Gasteiger partial charge in [0.15, 0.2) is 0 Å². The molecule has 0 aromatic heterocycles. The molecular formula is C28H36N2O3. The Morgan fingerprint density at radius 2 is 1.73 bits per heavy atom. The van der Waals surface area contributed by atoms with Gasteiger partial charge in [0.2, 0.25) is 0 Å². The SMILES string of the molecule is CCN(CC)c1ccc2c(c1)OC1CC(N(CC)CC)CCC1=C2c1ccccc1C(=O)O. The van der Waals surface area contributed by atoms with Crippen molar-refractivity contribution in [3.8, 4) is 5.75 Å². The zero-order chi connectivity index (χ0) is 23.5. The molecule has 4 rings (SSSR count). The van der Waals surface area contributed by atoms with Crippen molar-refractivity contribution in [2.24, 2.45) is 0 Å². The summed E-state index contributed by atoms with van der Waals surface area (Å²) < 4.78 is 6.68. The fraction of sp³-hybridized carbons (Fsp3) is 0.464. The highest BCUT2D eigenvalue weighted by molar-refractivity contribution is 5.99. The Labute approximate surface area is 197 Å². The fourth-order valence-electron chi connectivity index (χ4n) is 5.60. The zero-order valence-electron chi connectivity index (χ0n) is 20.3. The highest BCUT2D eigenvalue weighted by Gasteiger charge is 2.37. The van der Waals surface area contributed by atoms with E-state index in [1.807, 2.05) is 12.1 Å². The molecule has 2 atom stereocenters. The number of hydrogen-bond acceptors (Lipinski definition) is 4. The molecule has 1 N–H and O–H groups in total. The first-order chi connectivity index (χ1) is 16.0. The lowest BCUT2D eigenvalue weighted by Gasteiger charge is -2.41. The molecule has 0 spiro atoms. The van der Waals surface area contributed by atoms with Gasteiger partial charge in [-0.3, -0.25) is 0 Å². The normalized spacial score (nSPS) is 19.7. The maximum absolute atomic E-state index is 12.1. The number of carbonyl (C=O) groups is 1.